The van der Waals surface area contributed by atoms with Crippen LogP contribution in [0.3, 0.4) is 0 Å². The number of hydrogen-bond acceptors (Lipinski definition) is 5. The van der Waals surface area contributed by atoms with Crippen molar-refractivity contribution in [2.75, 3.05) is 0 Å². The summed E-state index contributed by atoms with van der Waals surface area (Å²) >= 11 is 0. The molecule has 3 fully saturated rings. The average molecular weight is 316 g/mol. The standard InChI is InChI=1S/C18H20O5/c1-4-10-8-5-11-14-17(2,16(20)23-11)7-12-15(22-12)18(14,3)9(8)6-13(19)21-10/h6,11-12,14-15H,4-5,7H2,1-3H3/t11?,12-,14?,15-,17+,18-/m1/s1. The SMILES string of the molecule is CCc1oc(=O)cc2c1CC1OC(=O)[C@@]3(C)C[C@H]4O[C@H]4[C@@]2(C)C13. The van der Waals surface area contributed by atoms with Gasteiger partial charge in [-0.25, -0.2) is 4.79 Å². The topological polar surface area (TPSA) is 69.0 Å². The molecule has 1 aromatic rings. The number of aryl methyl sites for hydroxylation is 1. The zero-order valence-electron chi connectivity index (χ0n) is 13.5. The van der Waals surface area contributed by atoms with Crippen molar-refractivity contribution < 1.29 is 18.7 Å². The number of hydrogen-bond donors (Lipinski definition) is 0. The molecule has 3 heterocycles. The maximum Gasteiger partial charge on any atom is 0.336 e. The van der Waals surface area contributed by atoms with E-state index in [2.05, 4.69) is 6.92 Å². The third-order valence-electron chi connectivity index (χ3n) is 6.68. The fourth-order valence-corrected chi connectivity index (χ4v) is 5.80. The van der Waals surface area contributed by atoms with Gasteiger partial charge in [-0.1, -0.05) is 13.8 Å². The summed E-state index contributed by atoms with van der Waals surface area (Å²) in [5.41, 5.74) is 0.877. The zero-order chi connectivity index (χ0) is 16.1. The Kier molecular flexibility index (Phi) is 2.33. The second-order valence-corrected chi connectivity index (χ2v) is 7.86. The van der Waals surface area contributed by atoms with Gasteiger partial charge in [-0.15, -0.1) is 0 Å². The smallest absolute Gasteiger partial charge is 0.336 e. The Labute approximate surface area is 134 Å². The lowest BCUT2D eigenvalue weighted by Crippen LogP contribution is -2.56. The van der Waals surface area contributed by atoms with Crippen LogP contribution in [0.1, 0.15) is 44.1 Å². The summed E-state index contributed by atoms with van der Waals surface area (Å²) in [5.74, 6) is 0.669. The van der Waals surface area contributed by atoms with Crippen molar-refractivity contribution in [1.29, 1.82) is 0 Å². The number of carbonyl (C=O) groups is 1. The Morgan fingerprint density at radius 3 is 2.78 bits per heavy atom. The second kappa shape index (κ2) is 3.89. The van der Waals surface area contributed by atoms with E-state index in [1.165, 1.54) is 0 Å². The van der Waals surface area contributed by atoms with Crippen LogP contribution in [0.4, 0.5) is 0 Å². The van der Waals surface area contributed by atoms with E-state index in [1.807, 2.05) is 13.8 Å². The van der Waals surface area contributed by atoms with Crippen LogP contribution >= 0.6 is 0 Å². The molecule has 6 atom stereocenters. The van der Waals surface area contributed by atoms with Crippen LogP contribution in [-0.4, -0.2) is 24.3 Å². The predicted octanol–water partition coefficient (Wildman–Crippen LogP) is 1.74. The highest BCUT2D eigenvalue weighted by atomic mass is 16.6. The largest absolute Gasteiger partial charge is 0.461 e. The quantitative estimate of drug-likeness (QED) is 0.583. The van der Waals surface area contributed by atoms with E-state index in [4.69, 9.17) is 13.9 Å². The molecule has 0 aromatic carbocycles. The number of fused-ring (bicyclic) bond motifs is 4. The molecule has 4 aliphatic rings. The fraction of sp³-hybridized carbons (Fsp3) is 0.667. The molecule has 2 aliphatic heterocycles. The molecule has 1 aromatic heterocycles. The molecule has 2 saturated heterocycles. The number of esters is 1. The lowest BCUT2D eigenvalue weighted by molar-refractivity contribution is -0.148. The highest BCUT2D eigenvalue weighted by Gasteiger charge is 2.74. The Morgan fingerprint density at radius 2 is 2.04 bits per heavy atom. The Morgan fingerprint density at radius 1 is 1.26 bits per heavy atom. The van der Waals surface area contributed by atoms with Gasteiger partial charge in [-0.05, 0) is 24.5 Å². The van der Waals surface area contributed by atoms with Gasteiger partial charge < -0.3 is 13.9 Å². The van der Waals surface area contributed by atoms with Crippen LogP contribution in [0, 0.1) is 11.3 Å². The van der Waals surface area contributed by atoms with Crippen molar-refractivity contribution >= 4 is 5.97 Å². The Bertz CT molecular complexity index is 795. The summed E-state index contributed by atoms with van der Waals surface area (Å²) in [6, 6.07) is 1.62. The molecule has 5 nitrogen and oxygen atoms in total. The Balaban J connectivity index is 1.81. The number of carbonyl (C=O) groups excluding carboxylic acids is 1. The monoisotopic (exact) mass is 316 g/mol. The van der Waals surface area contributed by atoms with Crippen LogP contribution in [0.15, 0.2) is 15.3 Å². The molecule has 23 heavy (non-hydrogen) atoms. The summed E-state index contributed by atoms with van der Waals surface area (Å²) in [7, 11) is 0. The fourth-order valence-electron chi connectivity index (χ4n) is 5.80. The first-order chi connectivity index (χ1) is 10.9. The third-order valence-corrected chi connectivity index (χ3v) is 6.68. The van der Waals surface area contributed by atoms with Gasteiger partial charge in [0.05, 0.1) is 17.6 Å². The van der Waals surface area contributed by atoms with Crippen LogP contribution in [0.25, 0.3) is 0 Å². The van der Waals surface area contributed by atoms with Crippen molar-refractivity contribution in [2.45, 2.75) is 63.8 Å². The second-order valence-electron chi connectivity index (χ2n) is 7.86. The molecule has 0 amide bonds. The van der Waals surface area contributed by atoms with Gasteiger partial charge in [0.2, 0.25) is 0 Å². The first kappa shape index (κ1) is 13.8. The molecule has 122 valence electrons. The van der Waals surface area contributed by atoms with E-state index in [0.717, 1.165) is 23.3 Å². The maximum absolute atomic E-state index is 12.6. The highest BCUT2D eigenvalue weighted by Crippen LogP contribution is 2.66. The average Bonchev–Trinajstić information content (AvgIpc) is 3.22. The minimum absolute atomic E-state index is 0.0604. The van der Waals surface area contributed by atoms with Crippen molar-refractivity contribution in [3.63, 3.8) is 0 Å². The van der Waals surface area contributed by atoms with Crippen molar-refractivity contribution in [2.24, 2.45) is 11.3 Å². The van der Waals surface area contributed by atoms with Crippen LogP contribution < -0.4 is 5.63 Å². The summed E-state index contributed by atoms with van der Waals surface area (Å²) in [5, 5.41) is 0. The number of epoxide rings is 1. The Hall–Kier alpha value is -1.62. The third kappa shape index (κ3) is 1.43. The lowest BCUT2D eigenvalue weighted by Gasteiger charge is -2.49. The van der Waals surface area contributed by atoms with Gasteiger partial charge in [0.25, 0.3) is 0 Å². The van der Waals surface area contributed by atoms with Gasteiger partial charge in [-0.2, -0.15) is 0 Å². The van der Waals surface area contributed by atoms with Crippen molar-refractivity contribution in [3.8, 4) is 0 Å². The summed E-state index contributed by atoms with van der Waals surface area (Å²) in [6.07, 6.45) is 2.05. The normalized spacial score (nSPS) is 45.8. The molecule has 1 saturated carbocycles. The van der Waals surface area contributed by atoms with Crippen molar-refractivity contribution in [3.05, 3.63) is 33.4 Å². The predicted molar refractivity (Wildman–Crippen MR) is 80.2 cm³/mol. The molecule has 0 N–H and O–H groups in total. The van der Waals surface area contributed by atoms with E-state index in [-0.39, 0.29) is 41.2 Å². The minimum Gasteiger partial charge on any atom is -0.461 e. The van der Waals surface area contributed by atoms with Gasteiger partial charge >= 0.3 is 11.6 Å². The summed E-state index contributed by atoms with van der Waals surface area (Å²) < 4.78 is 17.2. The first-order valence-electron chi connectivity index (χ1n) is 8.42. The lowest BCUT2D eigenvalue weighted by atomic mass is 9.50. The first-order valence-corrected chi connectivity index (χ1v) is 8.42. The minimum atomic E-state index is -0.517. The van der Waals surface area contributed by atoms with Gasteiger partial charge in [-0.3, -0.25) is 4.79 Å². The van der Waals surface area contributed by atoms with Crippen LogP contribution in [-0.2, 0) is 32.5 Å². The summed E-state index contributed by atoms with van der Waals surface area (Å²) in [6.45, 7) is 6.13. The molecule has 0 spiro atoms. The van der Waals surface area contributed by atoms with E-state index >= 15 is 0 Å². The van der Waals surface area contributed by atoms with E-state index in [0.29, 0.717) is 12.8 Å². The molecular weight excluding hydrogens is 296 g/mol. The number of rotatable bonds is 1. The zero-order valence-corrected chi connectivity index (χ0v) is 13.5. The maximum atomic E-state index is 12.6. The summed E-state index contributed by atoms with van der Waals surface area (Å²) in [4.78, 5) is 24.7. The van der Waals surface area contributed by atoms with E-state index in [9.17, 15) is 9.59 Å². The molecule has 5 rings (SSSR count). The van der Waals surface area contributed by atoms with Crippen molar-refractivity contribution in [1.82, 2.24) is 0 Å². The highest BCUT2D eigenvalue weighted by molar-refractivity contribution is 5.81. The van der Waals surface area contributed by atoms with Crippen LogP contribution in [0.2, 0.25) is 0 Å². The molecule has 2 unspecified atom stereocenters. The van der Waals surface area contributed by atoms with E-state index < -0.39 is 5.41 Å². The van der Waals surface area contributed by atoms with Gasteiger partial charge in [0, 0.05) is 30.2 Å². The molecular formula is C18H20O5. The van der Waals surface area contributed by atoms with Gasteiger partial charge in [0.15, 0.2) is 0 Å². The number of ether oxygens (including phenoxy) is 2. The molecule has 0 bridgehead atoms. The van der Waals surface area contributed by atoms with Gasteiger partial charge in [0.1, 0.15) is 11.9 Å². The molecule has 0 radical (unpaired) electrons. The molecule has 5 heteroatoms. The van der Waals surface area contributed by atoms with Crippen LogP contribution in [0.5, 0.6) is 0 Å². The molecule has 2 aliphatic carbocycles. The van der Waals surface area contributed by atoms with E-state index in [1.54, 1.807) is 6.07 Å².